The van der Waals surface area contributed by atoms with Gasteiger partial charge in [-0.15, -0.1) is 0 Å². The van der Waals surface area contributed by atoms with Crippen molar-refractivity contribution in [1.29, 1.82) is 0 Å². The molecule has 0 radical (unpaired) electrons. The van der Waals surface area contributed by atoms with Gasteiger partial charge >= 0.3 is 0 Å². The number of aliphatic hydroxyl groups excluding tert-OH is 1. The van der Waals surface area contributed by atoms with E-state index >= 15 is 0 Å². The molecule has 0 amide bonds. The Hall–Kier alpha value is -2.51. The summed E-state index contributed by atoms with van der Waals surface area (Å²) >= 11 is -1.78. The van der Waals surface area contributed by atoms with Crippen molar-refractivity contribution in [3.8, 4) is 16.9 Å². The maximum absolute atomic E-state index is 10.8. The summed E-state index contributed by atoms with van der Waals surface area (Å²) in [6.07, 6.45) is 0.646. The maximum atomic E-state index is 10.8. The van der Waals surface area contributed by atoms with Crippen molar-refractivity contribution in [2.24, 2.45) is 0 Å². The number of rotatable bonds is 9. The minimum atomic E-state index is -1.78. The number of hydrogen-bond acceptors (Lipinski definition) is 4. The molecule has 1 aliphatic carbocycles. The Morgan fingerprint density at radius 3 is 2.69 bits per heavy atom. The van der Waals surface area contributed by atoms with Gasteiger partial charge in [0, 0.05) is 6.42 Å². The number of benzene rings is 3. The van der Waals surface area contributed by atoms with Crippen LogP contribution in [-0.4, -0.2) is 32.3 Å². The zero-order valence-electron chi connectivity index (χ0n) is 18.2. The molecule has 0 spiro atoms. The molecular weight excluding hydrogens is 422 g/mol. The lowest BCUT2D eigenvalue weighted by Crippen LogP contribution is -2.30. The van der Waals surface area contributed by atoms with Gasteiger partial charge in [0.25, 0.3) is 0 Å². The average Bonchev–Trinajstić information content (AvgIpc) is 3.10. The summed E-state index contributed by atoms with van der Waals surface area (Å²) in [7, 11) is 0. The quantitative estimate of drug-likeness (QED) is 0.332. The number of hydrogen-bond donors (Lipinski definition) is 3. The highest BCUT2D eigenvalue weighted by molar-refractivity contribution is 7.79. The molecule has 0 aliphatic heterocycles. The van der Waals surface area contributed by atoms with Gasteiger partial charge in [-0.25, -0.2) is 4.21 Å². The molecule has 3 aromatic rings. The molecule has 3 aromatic carbocycles. The van der Waals surface area contributed by atoms with Crippen molar-refractivity contribution in [3.05, 3.63) is 89.0 Å². The van der Waals surface area contributed by atoms with Gasteiger partial charge in [-0.3, -0.25) is 0 Å². The van der Waals surface area contributed by atoms with Gasteiger partial charge in [0.05, 0.1) is 17.9 Å². The first-order valence-corrected chi connectivity index (χ1v) is 12.2. The van der Waals surface area contributed by atoms with Gasteiger partial charge in [-0.1, -0.05) is 54.6 Å². The summed E-state index contributed by atoms with van der Waals surface area (Å²) in [4.78, 5) is 0. The molecule has 6 heteroatoms. The van der Waals surface area contributed by atoms with Crippen LogP contribution >= 0.6 is 0 Å². The van der Waals surface area contributed by atoms with Crippen LogP contribution in [-0.2, 0) is 24.1 Å². The molecule has 1 unspecified atom stereocenters. The minimum Gasteiger partial charge on any atom is -0.489 e. The molecule has 0 fully saturated rings. The lowest BCUT2D eigenvalue weighted by molar-refractivity contribution is 0.141. The van der Waals surface area contributed by atoms with Crippen molar-refractivity contribution >= 4 is 11.1 Å². The van der Waals surface area contributed by atoms with Crippen LogP contribution in [0, 0.1) is 6.92 Å². The summed E-state index contributed by atoms with van der Waals surface area (Å²) in [5.74, 6) is 1.03. The molecule has 4 rings (SSSR count). The number of fused-ring (bicyclic) bond motifs is 1. The summed E-state index contributed by atoms with van der Waals surface area (Å²) in [6, 6.07) is 22.5. The van der Waals surface area contributed by atoms with Crippen molar-refractivity contribution in [1.82, 2.24) is 5.32 Å². The van der Waals surface area contributed by atoms with E-state index in [-0.39, 0.29) is 11.8 Å². The lowest BCUT2D eigenvalue weighted by atomic mass is 9.97. The monoisotopic (exact) mass is 451 g/mol. The fourth-order valence-electron chi connectivity index (χ4n) is 4.33. The predicted molar refractivity (Wildman–Crippen MR) is 128 cm³/mol. The van der Waals surface area contributed by atoms with E-state index in [9.17, 15) is 9.32 Å². The highest BCUT2D eigenvalue weighted by atomic mass is 32.2. The Balaban J connectivity index is 1.42. The number of nitrogens with one attached hydrogen (secondary N) is 1. The standard InChI is InChI=1S/C26H29NO4S/c1-18-20(9-5-10-23(18)19-7-3-2-4-8-19)17-31-22-11-12-24-21(15-22)16-25(28)26(24)27-13-6-14-32(29)30/h2-5,7-12,15,25-28H,6,13-14,16-17H2,1H3,(H,29,30)/t25-,26+/m0/s1. The van der Waals surface area contributed by atoms with Gasteiger partial charge < -0.3 is 19.7 Å². The molecular formula is C26H29NO4S. The third kappa shape index (κ3) is 5.27. The third-order valence-electron chi connectivity index (χ3n) is 6.05. The summed E-state index contributed by atoms with van der Waals surface area (Å²) in [6.45, 7) is 3.19. The Labute approximate surface area is 191 Å². The molecule has 5 nitrogen and oxygen atoms in total. The Bertz CT molecular complexity index is 1090. The van der Waals surface area contributed by atoms with Crippen molar-refractivity contribution in [3.63, 3.8) is 0 Å². The lowest BCUT2D eigenvalue weighted by Gasteiger charge is -2.18. The Kier molecular flexibility index (Phi) is 7.37. The first-order valence-electron chi connectivity index (χ1n) is 10.9. The molecule has 0 aromatic heterocycles. The van der Waals surface area contributed by atoms with Crippen molar-refractivity contribution in [2.45, 2.75) is 38.5 Å². The van der Waals surface area contributed by atoms with Crippen LogP contribution in [0.15, 0.2) is 66.7 Å². The maximum Gasteiger partial charge on any atom is 0.152 e. The second kappa shape index (κ2) is 10.4. The zero-order chi connectivity index (χ0) is 22.5. The van der Waals surface area contributed by atoms with E-state index in [1.807, 2.05) is 36.4 Å². The summed E-state index contributed by atoms with van der Waals surface area (Å²) in [5.41, 5.74) is 6.91. The second-order valence-corrected chi connectivity index (χ2v) is 9.24. The van der Waals surface area contributed by atoms with Crippen LogP contribution in [0.1, 0.15) is 34.7 Å². The van der Waals surface area contributed by atoms with E-state index in [1.54, 1.807) is 0 Å². The molecule has 3 atom stereocenters. The first-order chi connectivity index (χ1) is 15.5. The molecule has 0 bridgehead atoms. The van der Waals surface area contributed by atoms with E-state index in [0.29, 0.717) is 26.0 Å². The van der Waals surface area contributed by atoms with E-state index in [2.05, 4.69) is 42.6 Å². The first kappa shape index (κ1) is 22.7. The van der Waals surface area contributed by atoms with E-state index in [4.69, 9.17) is 9.29 Å². The summed E-state index contributed by atoms with van der Waals surface area (Å²) in [5, 5.41) is 13.8. The van der Waals surface area contributed by atoms with Gasteiger partial charge in [-0.2, -0.15) is 0 Å². The average molecular weight is 452 g/mol. The molecule has 32 heavy (non-hydrogen) atoms. The fourth-order valence-corrected chi connectivity index (χ4v) is 4.72. The highest BCUT2D eigenvalue weighted by Gasteiger charge is 2.30. The van der Waals surface area contributed by atoms with Crippen LogP contribution < -0.4 is 10.1 Å². The third-order valence-corrected chi connectivity index (χ3v) is 6.69. The van der Waals surface area contributed by atoms with E-state index < -0.39 is 17.2 Å². The molecule has 1 aliphatic rings. The molecule has 0 saturated heterocycles. The summed E-state index contributed by atoms with van der Waals surface area (Å²) < 4.78 is 25.8. The highest BCUT2D eigenvalue weighted by Crippen LogP contribution is 2.34. The number of ether oxygens (including phenoxy) is 1. The largest absolute Gasteiger partial charge is 0.489 e. The minimum absolute atomic E-state index is 0.157. The van der Waals surface area contributed by atoms with Gasteiger partial charge in [0.15, 0.2) is 11.1 Å². The van der Waals surface area contributed by atoms with Crippen LogP contribution in [0.5, 0.6) is 5.75 Å². The molecule has 168 valence electrons. The normalized spacial score (nSPS) is 18.3. The fraction of sp³-hybridized carbons (Fsp3) is 0.308. The predicted octanol–water partition coefficient (Wildman–Crippen LogP) is 4.40. The smallest absolute Gasteiger partial charge is 0.152 e. The Morgan fingerprint density at radius 1 is 1.09 bits per heavy atom. The van der Waals surface area contributed by atoms with Crippen molar-refractivity contribution < 1.29 is 18.6 Å². The van der Waals surface area contributed by atoms with Crippen LogP contribution in [0.25, 0.3) is 11.1 Å². The SMILES string of the molecule is Cc1c(COc2ccc3c(c2)C[C@H](O)[C@@H]3NCCCS(=O)O)cccc1-c1ccccc1. The molecule has 3 N–H and O–H groups in total. The van der Waals surface area contributed by atoms with E-state index in [1.165, 1.54) is 16.7 Å². The van der Waals surface area contributed by atoms with E-state index in [0.717, 1.165) is 22.4 Å². The van der Waals surface area contributed by atoms with Gasteiger partial charge in [0.2, 0.25) is 0 Å². The second-order valence-electron chi connectivity index (χ2n) is 8.19. The number of aliphatic hydroxyl groups is 1. The topological polar surface area (TPSA) is 78.8 Å². The van der Waals surface area contributed by atoms with Gasteiger partial charge in [0.1, 0.15) is 12.4 Å². The van der Waals surface area contributed by atoms with Crippen molar-refractivity contribution in [2.75, 3.05) is 12.3 Å². The zero-order valence-corrected chi connectivity index (χ0v) is 19.0. The van der Waals surface area contributed by atoms with Crippen LogP contribution in [0.4, 0.5) is 0 Å². The Morgan fingerprint density at radius 2 is 1.91 bits per heavy atom. The van der Waals surface area contributed by atoms with Crippen LogP contribution in [0.3, 0.4) is 0 Å². The van der Waals surface area contributed by atoms with Crippen LogP contribution in [0.2, 0.25) is 0 Å². The van der Waals surface area contributed by atoms with Gasteiger partial charge in [-0.05, 0) is 65.4 Å². The molecule has 0 heterocycles. The molecule has 0 saturated carbocycles.